The average Bonchev–Trinajstić information content (AvgIpc) is 2.73. The zero-order chi connectivity index (χ0) is 21.3. The summed E-state index contributed by atoms with van der Waals surface area (Å²) < 4.78 is 5.16. The third-order valence-electron chi connectivity index (χ3n) is 4.82. The molecule has 9 heteroatoms. The number of amides is 1. The number of nitrogens with zero attached hydrogens (tertiary/aromatic N) is 1. The molecule has 1 aromatic heterocycles. The van der Waals surface area contributed by atoms with Gasteiger partial charge in [-0.3, -0.25) is 9.59 Å². The molecule has 3 N–H and O–H groups in total. The molecule has 0 radical (unpaired) electrons. The number of thioether (sulfide) groups is 1. The second-order valence-corrected chi connectivity index (χ2v) is 8.19. The van der Waals surface area contributed by atoms with E-state index in [1.165, 1.54) is 24.9 Å². The van der Waals surface area contributed by atoms with E-state index < -0.39 is 5.92 Å². The van der Waals surface area contributed by atoms with Crippen LogP contribution in [-0.2, 0) is 10.5 Å². The van der Waals surface area contributed by atoms with E-state index in [4.69, 9.17) is 16.3 Å². The SMILES string of the molecule is COc1cc([C@H]2CC(=O)Nc3nc(SCc4ccc(Cl)cc4)[nH]c(=O)c32)ccc1O. The van der Waals surface area contributed by atoms with Crippen molar-refractivity contribution in [2.24, 2.45) is 0 Å². The molecule has 30 heavy (non-hydrogen) atoms. The van der Waals surface area contributed by atoms with Crippen LogP contribution < -0.4 is 15.6 Å². The van der Waals surface area contributed by atoms with Gasteiger partial charge in [0.15, 0.2) is 16.7 Å². The Morgan fingerprint density at radius 3 is 2.73 bits per heavy atom. The predicted molar refractivity (Wildman–Crippen MR) is 116 cm³/mol. The molecule has 1 aliphatic heterocycles. The number of aromatic nitrogens is 2. The molecule has 154 valence electrons. The molecule has 0 bridgehead atoms. The summed E-state index contributed by atoms with van der Waals surface area (Å²) in [4.78, 5) is 32.5. The lowest BCUT2D eigenvalue weighted by molar-refractivity contribution is -0.116. The molecule has 0 aliphatic carbocycles. The van der Waals surface area contributed by atoms with Crippen LogP contribution in [0.25, 0.3) is 0 Å². The van der Waals surface area contributed by atoms with E-state index in [0.717, 1.165) is 5.56 Å². The number of halogens is 1. The zero-order valence-corrected chi connectivity index (χ0v) is 17.5. The van der Waals surface area contributed by atoms with E-state index in [0.29, 0.717) is 27.1 Å². The Hall–Kier alpha value is -2.97. The lowest BCUT2D eigenvalue weighted by atomic mass is 9.86. The molecule has 7 nitrogen and oxygen atoms in total. The number of aromatic amines is 1. The van der Waals surface area contributed by atoms with Crippen molar-refractivity contribution in [3.8, 4) is 11.5 Å². The van der Waals surface area contributed by atoms with Crippen molar-refractivity contribution in [2.45, 2.75) is 23.2 Å². The zero-order valence-electron chi connectivity index (χ0n) is 15.9. The van der Waals surface area contributed by atoms with Crippen LogP contribution in [0.1, 0.15) is 29.0 Å². The number of fused-ring (bicyclic) bond motifs is 1. The number of anilines is 1. The summed E-state index contributed by atoms with van der Waals surface area (Å²) in [6.45, 7) is 0. The van der Waals surface area contributed by atoms with E-state index in [1.54, 1.807) is 24.3 Å². The number of hydrogen-bond donors (Lipinski definition) is 3. The molecule has 0 saturated carbocycles. The smallest absolute Gasteiger partial charge is 0.257 e. The minimum absolute atomic E-state index is 0.0114. The first-order valence-electron chi connectivity index (χ1n) is 9.13. The highest BCUT2D eigenvalue weighted by Gasteiger charge is 2.31. The van der Waals surface area contributed by atoms with Gasteiger partial charge >= 0.3 is 0 Å². The van der Waals surface area contributed by atoms with Gasteiger partial charge in [-0.15, -0.1) is 0 Å². The van der Waals surface area contributed by atoms with E-state index >= 15 is 0 Å². The molecule has 2 aromatic carbocycles. The maximum absolute atomic E-state index is 12.9. The Morgan fingerprint density at radius 2 is 2.00 bits per heavy atom. The van der Waals surface area contributed by atoms with E-state index in [9.17, 15) is 14.7 Å². The monoisotopic (exact) mass is 443 g/mol. The highest BCUT2D eigenvalue weighted by molar-refractivity contribution is 7.98. The molecule has 1 aliphatic rings. The third-order valence-corrected chi connectivity index (χ3v) is 6.02. The van der Waals surface area contributed by atoms with Gasteiger partial charge in [-0.2, -0.15) is 0 Å². The number of phenols is 1. The Bertz CT molecular complexity index is 1160. The van der Waals surface area contributed by atoms with Gasteiger partial charge in [0.25, 0.3) is 5.56 Å². The molecule has 4 rings (SSSR count). The summed E-state index contributed by atoms with van der Waals surface area (Å²) in [5, 5.41) is 13.6. The number of carbonyl (C=O) groups excluding carboxylic acids is 1. The summed E-state index contributed by atoms with van der Waals surface area (Å²) >= 11 is 7.26. The molecule has 1 atom stereocenters. The number of benzene rings is 2. The van der Waals surface area contributed by atoms with Crippen LogP contribution >= 0.6 is 23.4 Å². The first kappa shape index (κ1) is 20.3. The molecular weight excluding hydrogens is 426 g/mol. The standard InChI is InChI=1S/C21H18ClN3O4S/c1-29-16-8-12(4-7-15(16)26)14-9-17(27)23-19-18(14)20(28)25-21(24-19)30-10-11-2-5-13(22)6-3-11/h2-8,14,26H,9-10H2,1H3,(H2,23,24,25,27,28)/t14-/m1/s1. The van der Waals surface area contributed by atoms with E-state index in [-0.39, 0.29) is 35.2 Å². The Balaban J connectivity index is 1.66. The first-order chi connectivity index (χ1) is 14.4. The number of hydrogen-bond acceptors (Lipinski definition) is 6. The van der Waals surface area contributed by atoms with Gasteiger partial charge in [-0.05, 0) is 35.4 Å². The van der Waals surface area contributed by atoms with Gasteiger partial charge in [0.1, 0.15) is 5.82 Å². The van der Waals surface area contributed by atoms with Gasteiger partial charge in [-0.25, -0.2) is 4.98 Å². The number of carbonyl (C=O) groups is 1. The van der Waals surface area contributed by atoms with Crippen molar-refractivity contribution in [2.75, 3.05) is 12.4 Å². The third kappa shape index (κ3) is 4.15. The largest absolute Gasteiger partial charge is 0.504 e. The fourth-order valence-electron chi connectivity index (χ4n) is 3.35. The van der Waals surface area contributed by atoms with Crippen LogP contribution in [0.4, 0.5) is 5.82 Å². The lowest BCUT2D eigenvalue weighted by Gasteiger charge is -2.25. The molecule has 0 unspecified atom stereocenters. The van der Waals surface area contributed by atoms with Crippen LogP contribution in [0.2, 0.25) is 5.02 Å². The predicted octanol–water partition coefficient (Wildman–Crippen LogP) is 3.90. The van der Waals surface area contributed by atoms with Crippen LogP contribution in [0.5, 0.6) is 11.5 Å². The van der Waals surface area contributed by atoms with Crippen molar-refractivity contribution in [1.82, 2.24) is 9.97 Å². The average molecular weight is 444 g/mol. The van der Waals surface area contributed by atoms with Gasteiger partial charge in [-0.1, -0.05) is 41.6 Å². The minimum Gasteiger partial charge on any atom is -0.504 e. The normalized spacial score (nSPS) is 15.4. The quantitative estimate of drug-likeness (QED) is 0.408. The summed E-state index contributed by atoms with van der Waals surface area (Å²) in [5.41, 5.74) is 1.80. The maximum Gasteiger partial charge on any atom is 0.257 e. The fourth-order valence-corrected chi connectivity index (χ4v) is 4.29. The van der Waals surface area contributed by atoms with E-state index in [2.05, 4.69) is 15.3 Å². The van der Waals surface area contributed by atoms with Crippen LogP contribution in [0.15, 0.2) is 52.4 Å². The molecule has 2 heterocycles. The number of nitrogens with one attached hydrogen (secondary N) is 2. The molecular formula is C21H18ClN3O4S. The molecule has 1 amide bonds. The summed E-state index contributed by atoms with van der Waals surface area (Å²) in [6, 6.07) is 12.2. The molecule has 0 spiro atoms. The number of methoxy groups -OCH3 is 1. The topological polar surface area (TPSA) is 104 Å². The Morgan fingerprint density at radius 1 is 1.23 bits per heavy atom. The number of aromatic hydroxyl groups is 1. The van der Waals surface area contributed by atoms with Crippen LogP contribution in [0, 0.1) is 0 Å². The number of H-pyrrole nitrogens is 1. The minimum atomic E-state index is -0.491. The maximum atomic E-state index is 12.9. The van der Waals surface area contributed by atoms with Gasteiger partial charge < -0.3 is 20.1 Å². The highest BCUT2D eigenvalue weighted by Crippen LogP contribution is 2.38. The highest BCUT2D eigenvalue weighted by atomic mass is 35.5. The molecule has 0 fully saturated rings. The second-order valence-electron chi connectivity index (χ2n) is 6.78. The van der Waals surface area contributed by atoms with Gasteiger partial charge in [0.05, 0.1) is 12.7 Å². The number of ether oxygens (including phenoxy) is 1. The first-order valence-corrected chi connectivity index (χ1v) is 10.5. The lowest BCUT2D eigenvalue weighted by Crippen LogP contribution is -2.31. The second kappa shape index (κ2) is 8.41. The van der Waals surface area contributed by atoms with Gasteiger partial charge in [0, 0.05) is 23.1 Å². The van der Waals surface area contributed by atoms with Crippen LogP contribution in [0.3, 0.4) is 0 Å². The number of phenolic OH excluding ortho intramolecular Hbond substituents is 1. The van der Waals surface area contributed by atoms with E-state index in [1.807, 2.05) is 12.1 Å². The summed E-state index contributed by atoms with van der Waals surface area (Å²) in [6.07, 6.45) is 0.100. The Labute approximate surface area is 181 Å². The summed E-state index contributed by atoms with van der Waals surface area (Å²) in [5.74, 6) is 0.389. The van der Waals surface area contributed by atoms with Crippen molar-refractivity contribution in [3.05, 3.63) is 74.5 Å². The van der Waals surface area contributed by atoms with Gasteiger partial charge in [0.2, 0.25) is 5.91 Å². The fraction of sp³-hybridized carbons (Fsp3) is 0.190. The Kier molecular flexibility index (Phi) is 5.69. The van der Waals surface area contributed by atoms with Crippen molar-refractivity contribution < 1.29 is 14.6 Å². The molecule has 3 aromatic rings. The molecule has 0 saturated heterocycles. The van der Waals surface area contributed by atoms with Crippen molar-refractivity contribution >= 4 is 35.1 Å². The van der Waals surface area contributed by atoms with Crippen molar-refractivity contribution in [3.63, 3.8) is 0 Å². The van der Waals surface area contributed by atoms with Crippen molar-refractivity contribution in [1.29, 1.82) is 0 Å². The summed E-state index contributed by atoms with van der Waals surface area (Å²) in [7, 11) is 1.44. The van der Waals surface area contributed by atoms with Crippen LogP contribution in [-0.4, -0.2) is 28.1 Å². The number of rotatable bonds is 5.